The van der Waals surface area contributed by atoms with Crippen LogP contribution < -0.4 is 4.74 Å². The molecule has 2 aromatic carbocycles. The van der Waals surface area contributed by atoms with Crippen LogP contribution in [0.4, 0.5) is 0 Å². The molecule has 0 radical (unpaired) electrons. The molecule has 1 aliphatic carbocycles. The Bertz CT molecular complexity index is 977. The van der Waals surface area contributed by atoms with Gasteiger partial charge < -0.3 is 4.74 Å². The summed E-state index contributed by atoms with van der Waals surface area (Å²) >= 11 is 0.302. The number of hydrogen-bond acceptors (Lipinski definition) is 1. The molecule has 3 heteroatoms. The van der Waals surface area contributed by atoms with E-state index in [1.54, 1.807) is 9.45 Å². The van der Waals surface area contributed by atoms with Gasteiger partial charge in [-0.3, -0.25) is 0 Å². The molecule has 2 aromatic rings. The molecule has 0 heterocycles. The van der Waals surface area contributed by atoms with E-state index in [0.717, 1.165) is 5.75 Å². The van der Waals surface area contributed by atoms with E-state index in [2.05, 4.69) is 89.4 Å². The fourth-order valence-electron chi connectivity index (χ4n) is 3.42. The van der Waals surface area contributed by atoms with Crippen molar-refractivity contribution >= 4 is 12.2 Å². The van der Waals surface area contributed by atoms with Crippen LogP contribution in [0, 0.1) is 5.41 Å². The average molecular weight is 493 g/mol. The van der Waals surface area contributed by atoms with E-state index < -0.39 is 0 Å². The summed E-state index contributed by atoms with van der Waals surface area (Å²) in [5.41, 5.74) is 5.56. The van der Waals surface area contributed by atoms with Crippen LogP contribution in [-0.4, -0.2) is 13.3 Å². The second-order valence-corrected chi connectivity index (χ2v) is 20.1. The molecular formula is C30H40OSiTi. The monoisotopic (exact) mass is 492 g/mol. The van der Waals surface area contributed by atoms with Crippen molar-refractivity contribution in [3.05, 3.63) is 106 Å². The molecular weight excluding hydrogens is 452 g/mol. The van der Waals surface area contributed by atoms with Crippen LogP contribution in [0.2, 0.25) is 13.1 Å². The van der Waals surface area contributed by atoms with Crippen LogP contribution in [0.25, 0.3) is 5.57 Å². The Hall–Kier alpha value is -1.87. The SMILES string of the molecule is CC=C(C)C=C(COc1ccccc1)c1ccccc1.C[SiH](C)[Ti][C]1=CC(C(C)(C)C)=CC1. The van der Waals surface area contributed by atoms with Crippen molar-refractivity contribution in [1.82, 2.24) is 0 Å². The summed E-state index contributed by atoms with van der Waals surface area (Å²) in [4.78, 5) is 0. The molecule has 0 aliphatic heterocycles. The van der Waals surface area contributed by atoms with Gasteiger partial charge in [0, 0.05) is 0 Å². The van der Waals surface area contributed by atoms with E-state index in [-0.39, 0.29) is 6.66 Å². The number of hydrogen-bond donors (Lipinski definition) is 0. The standard InChI is InChI=1S/C19H20O.C9H13.C2H7Si.Ti/c1-3-16(2)14-18(17-10-6-4-7-11-17)15-20-19-12-8-5-9-13-19;1-9(2,3)8-6-4-5-7-8;1-3-2;/h3-14H,15H2,1-2H3;6-7H,4H2,1-3H3;3H,1-2H3;. The van der Waals surface area contributed by atoms with Gasteiger partial charge >= 0.3 is 92.4 Å². The van der Waals surface area contributed by atoms with E-state index in [1.165, 1.54) is 23.1 Å². The fraction of sp³-hybridized carbons (Fsp3) is 0.333. The summed E-state index contributed by atoms with van der Waals surface area (Å²) < 4.78 is 7.67. The predicted octanol–water partition coefficient (Wildman–Crippen LogP) is 8.43. The first-order chi connectivity index (χ1) is 15.7. The number of ether oxygens (including phenoxy) is 1. The summed E-state index contributed by atoms with van der Waals surface area (Å²) in [5, 5.41) is 0. The Morgan fingerprint density at radius 3 is 2.12 bits per heavy atom. The summed E-state index contributed by atoms with van der Waals surface area (Å²) in [6.07, 6.45) is 10.5. The molecule has 0 bridgehead atoms. The number of allylic oxidation sites excluding steroid dienone is 7. The third-order valence-corrected chi connectivity index (χ3v) is 11.3. The van der Waals surface area contributed by atoms with Crippen LogP contribution in [0.5, 0.6) is 5.75 Å². The van der Waals surface area contributed by atoms with Crippen molar-refractivity contribution in [2.24, 2.45) is 5.41 Å². The topological polar surface area (TPSA) is 9.23 Å². The molecule has 0 aromatic heterocycles. The molecule has 1 aliphatic rings. The molecule has 3 rings (SSSR count). The summed E-state index contributed by atoms with van der Waals surface area (Å²) in [5.74, 6) is 0.896. The van der Waals surface area contributed by atoms with Gasteiger partial charge in [0.15, 0.2) is 0 Å². The van der Waals surface area contributed by atoms with Gasteiger partial charge in [0.05, 0.1) is 0 Å². The van der Waals surface area contributed by atoms with E-state index in [4.69, 9.17) is 4.74 Å². The van der Waals surface area contributed by atoms with Gasteiger partial charge in [-0.05, 0) is 37.1 Å². The van der Waals surface area contributed by atoms with E-state index >= 15 is 0 Å². The first-order valence-electron chi connectivity index (χ1n) is 11.9. The van der Waals surface area contributed by atoms with Gasteiger partial charge in [0.2, 0.25) is 0 Å². The van der Waals surface area contributed by atoms with E-state index in [9.17, 15) is 0 Å². The quantitative estimate of drug-likeness (QED) is 0.278. The van der Waals surface area contributed by atoms with E-state index in [1.807, 2.05) is 43.3 Å². The fourth-order valence-corrected chi connectivity index (χ4v) is 9.18. The van der Waals surface area contributed by atoms with Gasteiger partial charge in [-0.25, -0.2) is 0 Å². The van der Waals surface area contributed by atoms with Gasteiger partial charge in [-0.2, -0.15) is 0 Å². The van der Waals surface area contributed by atoms with Gasteiger partial charge in [0.1, 0.15) is 12.4 Å². The Morgan fingerprint density at radius 2 is 1.61 bits per heavy atom. The Balaban J connectivity index is 0.000000257. The molecule has 0 saturated heterocycles. The summed E-state index contributed by atoms with van der Waals surface area (Å²) in [7, 11) is 0. The van der Waals surface area contributed by atoms with Crippen LogP contribution in [0.3, 0.4) is 0 Å². The zero-order chi connectivity index (χ0) is 24.3. The molecule has 174 valence electrons. The van der Waals surface area contributed by atoms with Gasteiger partial charge in [0.25, 0.3) is 0 Å². The van der Waals surface area contributed by atoms with Crippen molar-refractivity contribution in [3.8, 4) is 5.75 Å². The van der Waals surface area contributed by atoms with E-state index in [0.29, 0.717) is 30.4 Å². The Labute approximate surface area is 212 Å². The minimum atomic E-state index is -0.282. The maximum atomic E-state index is 5.87. The molecule has 0 fully saturated rings. The number of benzene rings is 2. The average Bonchev–Trinajstić information content (AvgIpc) is 3.26. The molecule has 33 heavy (non-hydrogen) atoms. The summed E-state index contributed by atoms with van der Waals surface area (Å²) in [6, 6.07) is 20.3. The van der Waals surface area contributed by atoms with Crippen molar-refractivity contribution in [2.45, 2.75) is 54.1 Å². The van der Waals surface area contributed by atoms with Crippen molar-refractivity contribution in [3.63, 3.8) is 0 Å². The minimum absolute atomic E-state index is 0.282. The second-order valence-electron chi connectivity index (χ2n) is 9.75. The molecule has 0 amide bonds. The zero-order valence-corrected chi connectivity index (χ0v) is 24.2. The third-order valence-electron chi connectivity index (χ3n) is 5.35. The molecule has 0 spiro atoms. The zero-order valence-electron chi connectivity index (χ0n) is 21.5. The van der Waals surface area contributed by atoms with Crippen molar-refractivity contribution in [1.29, 1.82) is 0 Å². The summed E-state index contributed by atoms with van der Waals surface area (Å²) in [6.45, 7) is 16.3. The Morgan fingerprint density at radius 1 is 1.00 bits per heavy atom. The molecule has 1 nitrogen and oxygen atoms in total. The van der Waals surface area contributed by atoms with Crippen LogP contribution in [-0.2, 0) is 18.4 Å². The number of rotatable bonds is 7. The van der Waals surface area contributed by atoms with Crippen LogP contribution in [0.15, 0.2) is 100.0 Å². The second kappa shape index (κ2) is 13.7. The molecule has 0 saturated carbocycles. The Kier molecular flexibility index (Phi) is 11.4. The normalized spacial score (nSPS) is 14.3. The maximum absolute atomic E-state index is 5.87. The third kappa shape index (κ3) is 10.3. The molecule has 0 unspecified atom stereocenters. The first kappa shape index (κ1) is 27.4. The van der Waals surface area contributed by atoms with Crippen molar-refractivity contribution in [2.75, 3.05) is 6.61 Å². The van der Waals surface area contributed by atoms with Gasteiger partial charge in [-0.1, -0.05) is 66.3 Å². The van der Waals surface area contributed by atoms with Gasteiger partial charge in [-0.15, -0.1) is 0 Å². The first-order valence-corrected chi connectivity index (χ1v) is 18.3. The predicted molar refractivity (Wildman–Crippen MR) is 145 cm³/mol. The van der Waals surface area contributed by atoms with Crippen molar-refractivity contribution < 1.29 is 23.1 Å². The van der Waals surface area contributed by atoms with Crippen LogP contribution in [0.1, 0.15) is 46.6 Å². The van der Waals surface area contributed by atoms with Crippen LogP contribution >= 0.6 is 0 Å². The number of para-hydroxylation sites is 1. The molecule has 0 atom stereocenters. The molecule has 0 N–H and O–H groups in total.